The number of hydrogen-bond acceptors (Lipinski definition) is 8. The second-order valence-electron chi connectivity index (χ2n) is 10.6. The molecule has 2 aliphatic heterocycles. The van der Waals surface area contributed by atoms with E-state index in [1.54, 1.807) is 30.1 Å². The van der Waals surface area contributed by atoms with Crippen molar-refractivity contribution in [3.63, 3.8) is 0 Å². The maximum absolute atomic E-state index is 14.4. The Morgan fingerprint density at radius 1 is 1.12 bits per heavy atom. The van der Waals surface area contributed by atoms with Gasteiger partial charge in [0.2, 0.25) is 5.91 Å². The van der Waals surface area contributed by atoms with E-state index in [9.17, 15) is 27.9 Å². The van der Waals surface area contributed by atoms with Crippen LogP contribution < -0.4 is 30.1 Å². The number of alkyl halides is 3. The molecule has 0 spiro atoms. The molecule has 2 aromatic carbocycles. The molecule has 2 aliphatic rings. The van der Waals surface area contributed by atoms with Crippen molar-refractivity contribution in [2.75, 3.05) is 63.9 Å². The van der Waals surface area contributed by atoms with Crippen LogP contribution in [0.5, 0.6) is 11.5 Å². The molecule has 1 fully saturated rings. The number of aromatic nitrogens is 2. The van der Waals surface area contributed by atoms with E-state index in [1.807, 2.05) is 4.90 Å². The van der Waals surface area contributed by atoms with Gasteiger partial charge in [-0.1, -0.05) is 0 Å². The van der Waals surface area contributed by atoms with Crippen LogP contribution in [0.15, 0.2) is 41.2 Å². The van der Waals surface area contributed by atoms with Gasteiger partial charge in [0, 0.05) is 62.5 Å². The Labute approximate surface area is 246 Å². The summed E-state index contributed by atoms with van der Waals surface area (Å²) in [6.45, 7) is 1.35. The predicted octanol–water partition coefficient (Wildman–Crippen LogP) is 3.25. The van der Waals surface area contributed by atoms with Crippen LogP contribution in [0.2, 0.25) is 0 Å². The highest BCUT2D eigenvalue weighted by molar-refractivity contribution is 5.76. The van der Waals surface area contributed by atoms with Gasteiger partial charge in [0.05, 0.1) is 37.8 Å². The third kappa shape index (κ3) is 5.99. The Morgan fingerprint density at radius 2 is 1.84 bits per heavy atom. The van der Waals surface area contributed by atoms with Crippen LogP contribution >= 0.6 is 0 Å². The third-order valence-electron chi connectivity index (χ3n) is 8.03. The molecule has 0 radical (unpaired) electrons. The highest BCUT2D eigenvalue weighted by Gasteiger charge is 2.37. The first kappa shape index (κ1) is 30.2. The topological polar surface area (TPSA) is 109 Å². The van der Waals surface area contributed by atoms with E-state index < -0.39 is 23.0 Å². The highest BCUT2D eigenvalue weighted by Crippen LogP contribution is 2.39. The molecule has 10 nitrogen and oxygen atoms in total. The van der Waals surface area contributed by atoms with Crippen molar-refractivity contribution in [3.05, 3.63) is 57.9 Å². The zero-order valence-electron chi connectivity index (χ0n) is 24.2. The van der Waals surface area contributed by atoms with Gasteiger partial charge in [-0.3, -0.25) is 9.59 Å². The first-order chi connectivity index (χ1) is 20.6. The number of hydrogen-bond donors (Lipinski definition) is 2. The number of rotatable bonds is 9. The number of fused-ring (bicyclic) bond motifs is 1. The van der Waals surface area contributed by atoms with Crippen LogP contribution in [0.1, 0.15) is 24.0 Å². The molecule has 0 aliphatic carbocycles. The van der Waals surface area contributed by atoms with Gasteiger partial charge in [-0.25, -0.2) is 0 Å². The highest BCUT2D eigenvalue weighted by atomic mass is 19.4. The summed E-state index contributed by atoms with van der Waals surface area (Å²) in [7, 11) is 4.54. The summed E-state index contributed by atoms with van der Waals surface area (Å²) >= 11 is 0. The lowest BCUT2D eigenvalue weighted by molar-refractivity contribution is -0.137. The van der Waals surface area contributed by atoms with E-state index in [-0.39, 0.29) is 30.7 Å². The molecule has 0 saturated carbocycles. The minimum absolute atomic E-state index is 0.0493. The summed E-state index contributed by atoms with van der Waals surface area (Å²) in [5.41, 5.74) is -0.0229. The molecule has 1 amide bonds. The SMILES string of the molecule is CNC(=O)C[C@@H]1CCN(c2ccc(C(F)(F)F)c(-n3nc(-c4cc(OC)cc(OC)c4)c4c(c3=O)N(CCO)CC4)c2)C1. The number of benzene rings is 2. The molecule has 3 aromatic rings. The maximum Gasteiger partial charge on any atom is 0.418 e. The first-order valence-electron chi connectivity index (χ1n) is 14.0. The standard InChI is InChI=1S/C30H34F3N5O5/c1-34-26(40)12-18-6-8-37(17-18)20-4-5-24(30(31,32)33)25(15-20)38-29(41)28-23(7-9-36(28)10-11-39)27(35-38)19-13-21(42-2)16-22(14-19)43-3/h4-5,13-16,18,39H,6-12,17H2,1-3H3,(H,34,40)/t18-/m0/s1. The van der Waals surface area contributed by atoms with Gasteiger partial charge in [0.15, 0.2) is 0 Å². The quantitative estimate of drug-likeness (QED) is 0.385. The Balaban J connectivity index is 1.70. The molecule has 2 N–H and O–H groups in total. The number of nitrogens with zero attached hydrogens (tertiary/aromatic N) is 4. The fourth-order valence-corrected chi connectivity index (χ4v) is 5.88. The number of methoxy groups -OCH3 is 2. The second kappa shape index (κ2) is 12.2. The molecule has 1 saturated heterocycles. The Morgan fingerprint density at radius 3 is 2.47 bits per heavy atom. The molecule has 230 valence electrons. The molecule has 13 heteroatoms. The van der Waals surface area contributed by atoms with Gasteiger partial charge in [-0.15, -0.1) is 0 Å². The number of halogens is 3. The average molecular weight is 602 g/mol. The van der Waals surface area contributed by atoms with Gasteiger partial charge in [0.1, 0.15) is 17.2 Å². The van der Waals surface area contributed by atoms with Crippen molar-refractivity contribution >= 4 is 17.3 Å². The minimum atomic E-state index is -4.77. The predicted molar refractivity (Wildman–Crippen MR) is 155 cm³/mol. The average Bonchev–Trinajstić information content (AvgIpc) is 3.64. The van der Waals surface area contributed by atoms with Crippen LogP contribution in [0, 0.1) is 5.92 Å². The van der Waals surface area contributed by atoms with E-state index in [4.69, 9.17) is 9.47 Å². The molecule has 43 heavy (non-hydrogen) atoms. The van der Waals surface area contributed by atoms with Crippen LogP contribution in [-0.2, 0) is 17.4 Å². The van der Waals surface area contributed by atoms with Crippen molar-refractivity contribution < 1.29 is 32.5 Å². The molecular formula is C30H34F3N5O5. The number of aliphatic hydroxyl groups excluding tert-OH is 1. The van der Waals surface area contributed by atoms with Crippen molar-refractivity contribution in [2.24, 2.45) is 5.92 Å². The molecule has 0 unspecified atom stereocenters. The molecule has 3 heterocycles. The number of ether oxygens (including phenoxy) is 2. The summed E-state index contributed by atoms with van der Waals surface area (Å²) < 4.78 is 54.9. The number of anilines is 2. The maximum atomic E-state index is 14.4. The number of aliphatic hydroxyl groups is 1. The molecule has 0 bridgehead atoms. The molecule has 5 rings (SSSR count). The number of carbonyl (C=O) groups excluding carboxylic acids is 1. The second-order valence-corrected chi connectivity index (χ2v) is 10.6. The van der Waals surface area contributed by atoms with Gasteiger partial charge < -0.3 is 29.7 Å². The van der Waals surface area contributed by atoms with E-state index in [2.05, 4.69) is 10.4 Å². The summed E-state index contributed by atoms with van der Waals surface area (Å²) in [5, 5.41) is 16.9. The number of β-amino-alcohol motifs (C(OH)–C–C–N with tert-alkyl or cyclic N) is 1. The molecular weight excluding hydrogens is 567 g/mol. The van der Waals surface area contributed by atoms with Crippen LogP contribution in [0.3, 0.4) is 0 Å². The summed E-state index contributed by atoms with van der Waals surface area (Å²) in [4.78, 5) is 29.5. The summed E-state index contributed by atoms with van der Waals surface area (Å²) in [5.74, 6) is 0.855. The monoisotopic (exact) mass is 601 g/mol. The van der Waals surface area contributed by atoms with E-state index >= 15 is 0 Å². The van der Waals surface area contributed by atoms with Crippen molar-refractivity contribution in [1.82, 2.24) is 15.1 Å². The van der Waals surface area contributed by atoms with Gasteiger partial charge in [-0.2, -0.15) is 23.0 Å². The smallest absolute Gasteiger partial charge is 0.418 e. The number of carbonyl (C=O) groups is 1. The van der Waals surface area contributed by atoms with Crippen molar-refractivity contribution in [3.8, 4) is 28.4 Å². The normalized spacial score (nSPS) is 16.4. The largest absolute Gasteiger partial charge is 0.497 e. The third-order valence-corrected chi connectivity index (χ3v) is 8.03. The van der Waals surface area contributed by atoms with Crippen LogP contribution in [-0.4, -0.2) is 74.8 Å². The van der Waals surface area contributed by atoms with Gasteiger partial charge in [0.25, 0.3) is 5.56 Å². The fourth-order valence-electron chi connectivity index (χ4n) is 5.88. The van der Waals surface area contributed by atoms with Crippen molar-refractivity contribution in [1.29, 1.82) is 0 Å². The molecule has 1 atom stereocenters. The Hall–Kier alpha value is -4.26. The van der Waals surface area contributed by atoms with Crippen molar-refractivity contribution in [2.45, 2.75) is 25.4 Å². The van der Waals surface area contributed by atoms with E-state index in [1.165, 1.54) is 26.4 Å². The van der Waals surface area contributed by atoms with Gasteiger partial charge in [-0.05, 0) is 49.1 Å². The zero-order chi connectivity index (χ0) is 30.9. The van der Waals surface area contributed by atoms with Crippen LogP contribution in [0.25, 0.3) is 16.9 Å². The number of nitrogens with one attached hydrogen (secondary N) is 1. The number of amides is 1. The minimum Gasteiger partial charge on any atom is -0.497 e. The van der Waals surface area contributed by atoms with Crippen LogP contribution in [0.4, 0.5) is 24.5 Å². The lowest BCUT2D eigenvalue weighted by Gasteiger charge is -2.23. The van der Waals surface area contributed by atoms with E-state index in [0.717, 1.165) is 10.7 Å². The zero-order valence-corrected chi connectivity index (χ0v) is 24.2. The summed E-state index contributed by atoms with van der Waals surface area (Å²) in [6.07, 6.45) is -3.33. The Kier molecular flexibility index (Phi) is 8.54. The first-order valence-corrected chi connectivity index (χ1v) is 14.0. The lowest BCUT2D eigenvalue weighted by atomic mass is 10.0. The van der Waals surface area contributed by atoms with E-state index in [0.29, 0.717) is 72.9 Å². The van der Waals surface area contributed by atoms with Gasteiger partial charge >= 0.3 is 6.18 Å². The Bertz CT molecular complexity index is 1550. The summed E-state index contributed by atoms with van der Waals surface area (Å²) in [6, 6.07) is 8.74. The molecule has 1 aromatic heterocycles. The fraction of sp³-hybridized carbons (Fsp3) is 0.433. The lowest BCUT2D eigenvalue weighted by Crippen LogP contribution is -2.33.